The molecule has 3 amide bonds. The van der Waals surface area contributed by atoms with Crippen molar-refractivity contribution in [2.45, 2.75) is 51.6 Å². The topological polar surface area (TPSA) is 92.4 Å². The highest BCUT2D eigenvalue weighted by atomic mass is 16.6. The number of anilines is 1. The van der Waals surface area contributed by atoms with Crippen molar-refractivity contribution in [2.75, 3.05) is 71.4 Å². The maximum atomic E-state index is 13.8. The first-order valence-electron chi connectivity index (χ1n) is 17.9. The summed E-state index contributed by atoms with van der Waals surface area (Å²) in [6, 6.07) is 28.5. The second-order valence-electron chi connectivity index (χ2n) is 14.9. The number of rotatable bonds is 14. The van der Waals surface area contributed by atoms with Gasteiger partial charge in [-0.25, -0.2) is 4.79 Å². The number of benzene rings is 3. The number of fused-ring (bicyclic) bond motifs is 1. The van der Waals surface area contributed by atoms with E-state index in [1.807, 2.05) is 90.5 Å². The number of nitrogens with one attached hydrogen (secondary N) is 1. The van der Waals surface area contributed by atoms with Gasteiger partial charge in [-0.2, -0.15) is 0 Å². The molecule has 0 spiro atoms. The van der Waals surface area contributed by atoms with Gasteiger partial charge in [0.15, 0.2) is 0 Å². The number of hydrogen-bond acceptors (Lipinski definition) is 6. The summed E-state index contributed by atoms with van der Waals surface area (Å²) in [5, 5.41) is 1.17. The molecular formula is C41H54N6O4. The van der Waals surface area contributed by atoms with Gasteiger partial charge >= 0.3 is 6.09 Å². The number of aromatic nitrogens is 1. The van der Waals surface area contributed by atoms with E-state index in [0.29, 0.717) is 39.0 Å². The van der Waals surface area contributed by atoms with Gasteiger partial charge < -0.3 is 29.3 Å². The Morgan fingerprint density at radius 3 is 1.76 bits per heavy atom. The van der Waals surface area contributed by atoms with Gasteiger partial charge in [-0.15, -0.1) is 0 Å². The molecule has 1 saturated heterocycles. The molecule has 0 atom stereocenters. The normalized spacial score (nSPS) is 13.8. The monoisotopic (exact) mass is 694 g/mol. The van der Waals surface area contributed by atoms with Crippen LogP contribution >= 0.6 is 0 Å². The quantitative estimate of drug-likeness (QED) is 0.183. The Morgan fingerprint density at radius 2 is 1.24 bits per heavy atom. The molecule has 0 radical (unpaired) electrons. The highest BCUT2D eigenvalue weighted by molar-refractivity contribution is 5.92. The highest BCUT2D eigenvalue weighted by Gasteiger charge is 2.32. The standard InChI is InChI=1S/C41H54N6O4/c1-40(2,28-32-14-9-7-10-15-32)43(5)37(48)30-45(31-38(49)44(6)41(3,4)29-33-16-11-8-12-17-33)26-27-51-39(50)47-24-22-46(23-25-47)36-19-13-18-35-34(36)20-21-42-35/h7-21,42H,22-31H2,1-6H3. The minimum Gasteiger partial charge on any atom is -0.448 e. The molecule has 5 rings (SSSR count). The summed E-state index contributed by atoms with van der Waals surface area (Å²) in [5.41, 5.74) is 3.62. The number of hydrogen-bond donors (Lipinski definition) is 1. The Kier molecular flexibility index (Phi) is 12.1. The van der Waals surface area contributed by atoms with Gasteiger partial charge in [-0.1, -0.05) is 66.7 Å². The summed E-state index contributed by atoms with van der Waals surface area (Å²) in [6.07, 6.45) is 2.95. The summed E-state index contributed by atoms with van der Waals surface area (Å²) in [5.74, 6) is -0.204. The van der Waals surface area contributed by atoms with E-state index in [9.17, 15) is 14.4 Å². The largest absolute Gasteiger partial charge is 0.448 e. The van der Waals surface area contributed by atoms with Crippen molar-refractivity contribution >= 4 is 34.5 Å². The number of nitrogens with zero attached hydrogens (tertiary/aromatic N) is 5. The van der Waals surface area contributed by atoms with Crippen LogP contribution in [-0.4, -0.2) is 120 Å². The molecular weight excluding hydrogens is 640 g/mol. The first kappa shape index (κ1) is 37.4. The van der Waals surface area contributed by atoms with E-state index in [-0.39, 0.29) is 44.1 Å². The SMILES string of the molecule is CN(C(=O)CN(CCOC(=O)N1CCN(c2cccc3[nH]ccc23)CC1)CC(=O)N(C)C(C)(C)Cc1ccccc1)C(C)(C)Cc1ccccc1. The molecule has 10 nitrogen and oxygen atoms in total. The van der Waals surface area contributed by atoms with Crippen LogP contribution in [0, 0.1) is 0 Å². The minimum atomic E-state index is -0.455. The third-order valence-corrected chi connectivity index (χ3v) is 10.3. The fourth-order valence-corrected chi connectivity index (χ4v) is 6.74. The molecule has 4 aromatic rings. The van der Waals surface area contributed by atoms with Crippen LogP contribution in [0.4, 0.5) is 10.5 Å². The van der Waals surface area contributed by atoms with Gasteiger partial charge in [0.1, 0.15) is 6.61 Å². The lowest BCUT2D eigenvalue weighted by Crippen LogP contribution is -2.54. The van der Waals surface area contributed by atoms with Gasteiger partial charge in [0.05, 0.1) is 13.1 Å². The molecule has 3 aromatic carbocycles. The second kappa shape index (κ2) is 16.5. The molecule has 1 aromatic heterocycles. The Bertz CT molecular complexity index is 1670. The van der Waals surface area contributed by atoms with Crippen molar-refractivity contribution in [3.63, 3.8) is 0 Å². The first-order chi connectivity index (χ1) is 24.3. The predicted octanol–water partition coefficient (Wildman–Crippen LogP) is 5.69. The van der Waals surface area contributed by atoms with Crippen molar-refractivity contribution in [1.82, 2.24) is 24.6 Å². The summed E-state index contributed by atoms with van der Waals surface area (Å²) in [6.45, 7) is 11.0. The highest BCUT2D eigenvalue weighted by Crippen LogP contribution is 2.27. The summed E-state index contributed by atoms with van der Waals surface area (Å²) in [7, 11) is 3.63. The molecule has 0 unspecified atom stereocenters. The van der Waals surface area contributed by atoms with E-state index in [0.717, 1.165) is 22.3 Å². The van der Waals surface area contributed by atoms with Crippen molar-refractivity contribution in [3.8, 4) is 0 Å². The molecule has 10 heteroatoms. The summed E-state index contributed by atoms with van der Waals surface area (Å²) in [4.78, 5) is 53.3. The van der Waals surface area contributed by atoms with E-state index >= 15 is 0 Å². The molecule has 0 bridgehead atoms. The number of aromatic amines is 1. The van der Waals surface area contributed by atoms with Gasteiger partial charge in [-0.3, -0.25) is 14.5 Å². The van der Waals surface area contributed by atoms with Gasteiger partial charge in [0.25, 0.3) is 0 Å². The number of carbonyl (C=O) groups excluding carboxylic acids is 3. The van der Waals surface area contributed by atoms with Crippen LogP contribution in [0.25, 0.3) is 10.9 Å². The van der Waals surface area contributed by atoms with Gasteiger partial charge in [-0.05, 0) is 69.9 Å². The number of carbonyl (C=O) groups is 3. The smallest absolute Gasteiger partial charge is 0.409 e. The Morgan fingerprint density at radius 1 is 0.706 bits per heavy atom. The molecule has 2 heterocycles. The van der Waals surface area contributed by atoms with Crippen molar-refractivity contribution in [1.29, 1.82) is 0 Å². The third-order valence-electron chi connectivity index (χ3n) is 10.3. The molecule has 51 heavy (non-hydrogen) atoms. The molecule has 1 N–H and O–H groups in total. The van der Waals surface area contributed by atoms with Crippen molar-refractivity contribution < 1.29 is 19.1 Å². The van der Waals surface area contributed by atoms with Crippen LogP contribution in [0.3, 0.4) is 0 Å². The second-order valence-corrected chi connectivity index (χ2v) is 14.9. The number of ether oxygens (including phenoxy) is 1. The van der Waals surface area contributed by atoms with Gasteiger partial charge in [0.2, 0.25) is 11.8 Å². The average molecular weight is 695 g/mol. The lowest BCUT2D eigenvalue weighted by Gasteiger charge is -2.39. The third kappa shape index (κ3) is 9.70. The number of likely N-dealkylation sites (N-methyl/N-ethyl adjacent to an activating group) is 2. The lowest BCUT2D eigenvalue weighted by molar-refractivity contribution is -0.139. The van der Waals surface area contributed by atoms with Crippen LogP contribution < -0.4 is 4.90 Å². The molecule has 0 aliphatic carbocycles. The Labute approximate surface area is 302 Å². The fourth-order valence-electron chi connectivity index (χ4n) is 6.74. The molecule has 272 valence electrons. The van der Waals surface area contributed by atoms with Crippen LogP contribution in [0.1, 0.15) is 38.8 Å². The van der Waals surface area contributed by atoms with E-state index in [1.54, 1.807) is 19.6 Å². The van der Waals surface area contributed by atoms with Crippen LogP contribution in [-0.2, 0) is 27.2 Å². The minimum absolute atomic E-state index is 0.0222. The maximum Gasteiger partial charge on any atom is 0.409 e. The Hall–Kier alpha value is -4.83. The molecule has 1 fully saturated rings. The molecule has 0 saturated carbocycles. The molecule has 1 aliphatic rings. The zero-order valence-electron chi connectivity index (χ0n) is 31.1. The van der Waals surface area contributed by atoms with E-state index in [2.05, 4.69) is 52.3 Å². The van der Waals surface area contributed by atoms with E-state index < -0.39 is 11.1 Å². The average Bonchev–Trinajstić information content (AvgIpc) is 3.61. The van der Waals surface area contributed by atoms with Crippen LogP contribution in [0.15, 0.2) is 91.1 Å². The maximum absolute atomic E-state index is 13.8. The number of amides is 3. The number of H-pyrrole nitrogens is 1. The first-order valence-corrected chi connectivity index (χ1v) is 17.9. The number of piperazine rings is 1. The van der Waals surface area contributed by atoms with Crippen molar-refractivity contribution in [2.24, 2.45) is 0 Å². The lowest BCUT2D eigenvalue weighted by atomic mass is 9.93. The zero-order chi connectivity index (χ0) is 36.6. The van der Waals surface area contributed by atoms with Crippen molar-refractivity contribution in [3.05, 3.63) is 102 Å². The van der Waals surface area contributed by atoms with E-state index in [4.69, 9.17) is 4.74 Å². The van der Waals surface area contributed by atoms with Crippen LogP contribution in [0.2, 0.25) is 0 Å². The Balaban J connectivity index is 1.20. The summed E-state index contributed by atoms with van der Waals surface area (Å²) >= 11 is 0. The van der Waals surface area contributed by atoms with Gasteiger partial charge in [0, 0.05) is 80.7 Å². The summed E-state index contributed by atoms with van der Waals surface area (Å²) < 4.78 is 5.76. The van der Waals surface area contributed by atoms with E-state index in [1.165, 1.54) is 5.39 Å². The van der Waals surface area contributed by atoms with Crippen LogP contribution in [0.5, 0.6) is 0 Å². The fraction of sp³-hybridized carbons (Fsp3) is 0.439. The zero-order valence-corrected chi connectivity index (χ0v) is 31.1. The molecule has 1 aliphatic heterocycles. The predicted molar refractivity (Wildman–Crippen MR) is 204 cm³/mol.